The van der Waals surface area contributed by atoms with Gasteiger partial charge in [-0.25, -0.2) is 0 Å². The van der Waals surface area contributed by atoms with Crippen molar-refractivity contribution in [1.29, 1.82) is 0 Å². The molecule has 0 aromatic heterocycles. The molecule has 2 aromatic carbocycles. The molecule has 5 nitrogen and oxygen atoms in total. The molecule has 0 bridgehead atoms. The largest absolute Gasteiger partial charge is 0.497 e. The molecule has 0 aliphatic heterocycles. The van der Waals surface area contributed by atoms with Crippen LogP contribution in [0.2, 0.25) is 0 Å². The molecule has 2 aromatic rings. The summed E-state index contributed by atoms with van der Waals surface area (Å²) in [4.78, 5) is 11.9. The van der Waals surface area contributed by atoms with E-state index in [1.54, 1.807) is 7.11 Å². The van der Waals surface area contributed by atoms with Crippen molar-refractivity contribution < 1.29 is 14.3 Å². The van der Waals surface area contributed by atoms with Crippen molar-refractivity contribution in [3.63, 3.8) is 0 Å². The minimum atomic E-state index is -0.0198. The zero-order chi connectivity index (χ0) is 18.1. The summed E-state index contributed by atoms with van der Waals surface area (Å²) in [5.74, 6) is 0.810. The Morgan fingerprint density at radius 1 is 1.12 bits per heavy atom. The Morgan fingerprint density at radius 3 is 2.52 bits per heavy atom. The van der Waals surface area contributed by atoms with E-state index in [0.717, 1.165) is 22.6 Å². The van der Waals surface area contributed by atoms with Crippen molar-refractivity contribution in [2.24, 2.45) is 5.73 Å². The van der Waals surface area contributed by atoms with Crippen LogP contribution in [0.5, 0.6) is 5.75 Å². The van der Waals surface area contributed by atoms with Crippen LogP contribution in [-0.4, -0.2) is 19.1 Å². The number of hydrogen-bond donors (Lipinski definition) is 2. The zero-order valence-electron chi connectivity index (χ0n) is 14.8. The number of amides is 1. The Kier molecular flexibility index (Phi) is 7.44. The van der Waals surface area contributed by atoms with Crippen molar-refractivity contribution in [3.05, 3.63) is 59.7 Å². The van der Waals surface area contributed by atoms with Gasteiger partial charge in [-0.2, -0.15) is 0 Å². The highest BCUT2D eigenvalue weighted by Crippen LogP contribution is 2.15. The van der Waals surface area contributed by atoms with Crippen LogP contribution in [0.25, 0.3) is 0 Å². The van der Waals surface area contributed by atoms with Crippen LogP contribution in [0.3, 0.4) is 0 Å². The Morgan fingerprint density at radius 2 is 1.84 bits per heavy atom. The maximum absolute atomic E-state index is 11.9. The molecular weight excluding hydrogens is 316 g/mol. The van der Waals surface area contributed by atoms with Crippen LogP contribution in [0.1, 0.15) is 30.9 Å². The molecule has 2 rings (SSSR count). The molecule has 0 aliphatic rings. The number of benzene rings is 2. The molecule has 1 amide bonds. The molecule has 3 N–H and O–H groups in total. The molecule has 134 valence electrons. The summed E-state index contributed by atoms with van der Waals surface area (Å²) < 4.78 is 10.9. The maximum Gasteiger partial charge on any atom is 0.224 e. The number of hydrogen-bond acceptors (Lipinski definition) is 4. The van der Waals surface area contributed by atoms with Gasteiger partial charge < -0.3 is 20.5 Å². The van der Waals surface area contributed by atoms with Crippen molar-refractivity contribution >= 4 is 11.6 Å². The van der Waals surface area contributed by atoms with Gasteiger partial charge in [0.25, 0.3) is 0 Å². The van der Waals surface area contributed by atoms with Crippen molar-refractivity contribution in [2.75, 3.05) is 12.4 Å². The third-order valence-corrected chi connectivity index (χ3v) is 3.73. The molecule has 1 unspecified atom stereocenters. The lowest BCUT2D eigenvalue weighted by molar-refractivity contribution is -0.116. The van der Waals surface area contributed by atoms with Gasteiger partial charge in [0.2, 0.25) is 5.91 Å². The Hall–Kier alpha value is -2.37. The average molecular weight is 342 g/mol. The second-order valence-corrected chi connectivity index (χ2v) is 6.11. The summed E-state index contributed by atoms with van der Waals surface area (Å²) in [6, 6.07) is 15.5. The quantitative estimate of drug-likeness (QED) is 0.732. The molecule has 0 heterocycles. The van der Waals surface area contributed by atoms with E-state index < -0.39 is 0 Å². The lowest BCUT2D eigenvalue weighted by Crippen LogP contribution is -2.19. The van der Waals surface area contributed by atoms with E-state index in [1.807, 2.05) is 55.5 Å². The average Bonchev–Trinajstić information content (AvgIpc) is 2.61. The van der Waals surface area contributed by atoms with Crippen LogP contribution < -0.4 is 15.8 Å². The van der Waals surface area contributed by atoms with Crippen molar-refractivity contribution in [1.82, 2.24) is 0 Å². The lowest BCUT2D eigenvalue weighted by atomic mass is 10.1. The Balaban J connectivity index is 1.81. The van der Waals surface area contributed by atoms with Crippen molar-refractivity contribution in [2.45, 2.75) is 39.0 Å². The maximum atomic E-state index is 11.9. The molecule has 5 heteroatoms. The molecule has 0 aliphatic carbocycles. The van der Waals surface area contributed by atoms with Gasteiger partial charge in [-0.3, -0.25) is 4.79 Å². The summed E-state index contributed by atoms with van der Waals surface area (Å²) in [5.41, 5.74) is 8.55. The van der Waals surface area contributed by atoms with Gasteiger partial charge in [0.15, 0.2) is 0 Å². The minimum absolute atomic E-state index is 0.0198. The third kappa shape index (κ3) is 6.95. The predicted octanol–water partition coefficient (Wildman–Crippen LogP) is 3.48. The van der Waals surface area contributed by atoms with Crippen LogP contribution in [0.15, 0.2) is 48.5 Å². The van der Waals surface area contributed by atoms with Crippen molar-refractivity contribution in [3.8, 4) is 5.75 Å². The molecule has 0 saturated carbocycles. The van der Waals surface area contributed by atoms with E-state index in [2.05, 4.69) is 5.32 Å². The number of methoxy groups -OCH3 is 1. The van der Waals surface area contributed by atoms with Gasteiger partial charge in [0.1, 0.15) is 5.75 Å². The Labute approximate surface area is 149 Å². The first-order valence-corrected chi connectivity index (χ1v) is 8.42. The number of nitrogens with one attached hydrogen (secondary N) is 1. The molecule has 0 spiro atoms. The van der Waals surface area contributed by atoms with Crippen LogP contribution in [0, 0.1) is 0 Å². The minimum Gasteiger partial charge on any atom is -0.497 e. The molecular formula is C20H26N2O3. The number of rotatable bonds is 9. The van der Waals surface area contributed by atoms with E-state index in [0.29, 0.717) is 26.1 Å². The second kappa shape index (κ2) is 9.81. The topological polar surface area (TPSA) is 73.6 Å². The monoisotopic (exact) mass is 342 g/mol. The molecule has 1 atom stereocenters. The second-order valence-electron chi connectivity index (χ2n) is 6.11. The van der Waals surface area contributed by atoms with E-state index in [1.165, 1.54) is 0 Å². The van der Waals surface area contributed by atoms with E-state index in [9.17, 15) is 4.79 Å². The fraction of sp³-hybridized carbons (Fsp3) is 0.350. The van der Waals surface area contributed by atoms with Crippen LogP contribution >= 0.6 is 0 Å². The van der Waals surface area contributed by atoms with Gasteiger partial charge in [-0.1, -0.05) is 24.3 Å². The fourth-order valence-corrected chi connectivity index (χ4v) is 2.33. The number of ether oxygens (including phenoxy) is 2. The molecule has 25 heavy (non-hydrogen) atoms. The highest BCUT2D eigenvalue weighted by Gasteiger charge is 2.05. The lowest BCUT2D eigenvalue weighted by Gasteiger charge is -2.09. The highest BCUT2D eigenvalue weighted by atomic mass is 16.5. The van der Waals surface area contributed by atoms with Gasteiger partial charge in [0, 0.05) is 18.2 Å². The predicted molar refractivity (Wildman–Crippen MR) is 99.4 cm³/mol. The number of anilines is 1. The SMILES string of the molecule is COc1ccc(COCc2cccc(NC(=O)CCC(C)N)c2)cc1. The van der Waals surface area contributed by atoms with Crippen LogP contribution in [-0.2, 0) is 22.7 Å². The molecule has 0 radical (unpaired) electrons. The summed E-state index contributed by atoms with van der Waals surface area (Å²) in [6.45, 7) is 2.90. The first-order valence-electron chi connectivity index (χ1n) is 8.42. The summed E-state index contributed by atoms with van der Waals surface area (Å²) in [5, 5.41) is 2.89. The van der Waals surface area contributed by atoms with E-state index in [4.69, 9.17) is 15.2 Å². The van der Waals surface area contributed by atoms with Gasteiger partial charge in [-0.05, 0) is 48.7 Å². The highest BCUT2D eigenvalue weighted by molar-refractivity contribution is 5.90. The van der Waals surface area contributed by atoms with E-state index >= 15 is 0 Å². The number of nitrogens with two attached hydrogens (primary N) is 1. The summed E-state index contributed by atoms with van der Waals surface area (Å²) in [7, 11) is 1.65. The van der Waals surface area contributed by atoms with Gasteiger partial charge >= 0.3 is 0 Å². The molecule has 0 fully saturated rings. The van der Waals surface area contributed by atoms with Gasteiger partial charge in [0.05, 0.1) is 20.3 Å². The summed E-state index contributed by atoms with van der Waals surface area (Å²) >= 11 is 0. The zero-order valence-corrected chi connectivity index (χ0v) is 14.8. The smallest absolute Gasteiger partial charge is 0.224 e. The van der Waals surface area contributed by atoms with Gasteiger partial charge in [-0.15, -0.1) is 0 Å². The normalized spacial score (nSPS) is 11.8. The van der Waals surface area contributed by atoms with E-state index in [-0.39, 0.29) is 11.9 Å². The summed E-state index contributed by atoms with van der Waals surface area (Å²) in [6.07, 6.45) is 1.10. The van der Waals surface area contributed by atoms with Crippen LogP contribution in [0.4, 0.5) is 5.69 Å². The third-order valence-electron chi connectivity index (χ3n) is 3.73. The first kappa shape index (κ1) is 19.0. The number of carbonyl (C=O) groups is 1. The molecule has 0 saturated heterocycles. The first-order chi connectivity index (χ1) is 12.1. The Bertz CT molecular complexity index is 669. The standard InChI is InChI=1S/C20H26N2O3/c1-15(21)6-11-20(23)22-18-5-3-4-17(12-18)14-25-13-16-7-9-19(24-2)10-8-16/h3-5,7-10,12,15H,6,11,13-14,21H2,1-2H3,(H,22,23). The fourth-order valence-electron chi connectivity index (χ4n) is 2.33. The number of carbonyl (C=O) groups excluding carboxylic acids is 1.